The second-order valence-electron chi connectivity index (χ2n) is 6.37. The number of carboxylic acid groups (broad SMARTS) is 1. The van der Waals surface area contributed by atoms with Crippen molar-refractivity contribution in [2.75, 3.05) is 45.2 Å². The zero-order valence-corrected chi connectivity index (χ0v) is 16.1. The van der Waals surface area contributed by atoms with Gasteiger partial charge in [0.25, 0.3) is 5.91 Å². The van der Waals surface area contributed by atoms with E-state index in [1.54, 1.807) is 13.0 Å². The van der Waals surface area contributed by atoms with Gasteiger partial charge in [-0.15, -0.1) is 0 Å². The number of likely N-dealkylation sites (N-methyl/N-ethyl adjacent to an activating group) is 1. The molecule has 0 spiro atoms. The predicted molar refractivity (Wildman–Crippen MR) is 98.0 cm³/mol. The molecule has 0 radical (unpaired) electrons. The number of rotatable bonds is 7. The molecule has 0 aromatic heterocycles. The fourth-order valence-corrected chi connectivity index (χ4v) is 3.88. The SMILES string of the molecule is CCN(CC(=O)O)C(=O)c1cc(S(=O)(=O)N(C)C)ccc1N1CCCC1. The van der Waals surface area contributed by atoms with Gasteiger partial charge in [0, 0.05) is 39.4 Å². The number of hydrogen-bond donors (Lipinski definition) is 1. The molecule has 1 saturated heterocycles. The van der Waals surface area contributed by atoms with Crippen molar-refractivity contribution in [2.24, 2.45) is 0 Å². The topological polar surface area (TPSA) is 98.2 Å². The number of carboxylic acids is 1. The highest BCUT2D eigenvalue weighted by Crippen LogP contribution is 2.29. The maximum atomic E-state index is 13.0. The monoisotopic (exact) mass is 383 g/mol. The zero-order chi connectivity index (χ0) is 19.5. The lowest BCUT2D eigenvalue weighted by Gasteiger charge is -2.25. The molecule has 0 bridgehead atoms. The Labute approximate surface area is 154 Å². The number of aliphatic carboxylic acids is 1. The van der Waals surface area contributed by atoms with Crippen LogP contribution < -0.4 is 4.90 Å². The summed E-state index contributed by atoms with van der Waals surface area (Å²) in [6.07, 6.45) is 2.00. The summed E-state index contributed by atoms with van der Waals surface area (Å²) in [5.74, 6) is -1.59. The minimum atomic E-state index is -3.70. The Bertz CT molecular complexity index is 786. The molecule has 0 saturated carbocycles. The third-order valence-electron chi connectivity index (χ3n) is 4.42. The van der Waals surface area contributed by atoms with Crippen LogP contribution in [0.3, 0.4) is 0 Å². The second kappa shape index (κ2) is 8.05. The van der Waals surface area contributed by atoms with Crippen LogP contribution in [0, 0.1) is 0 Å². The minimum Gasteiger partial charge on any atom is -0.480 e. The lowest BCUT2D eigenvalue weighted by molar-refractivity contribution is -0.137. The number of hydrogen-bond acceptors (Lipinski definition) is 5. The molecule has 1 aliphatic heterocycles. The van der Waals surface area contributed by atoms with Gasteiger partial charge in [0.1, 0.15) is 6.54 Å². The van der Waals surface area contributed by atoms with Crippen LogP contribution in [0.5, 0.6) is 0 Å². The van der Waals surface area contributed by atoms with Gasteiger partial charge in [0.05, 0.1) is 10.5 Å². The molecule has 144 valence electrons. The van der Waals surface area contributed by atoms with Crippen LogP contribution in [0.15, 0.2) is 23.1 Å². The molecule has 26 heavy (non-hydrogen) atoms. The normalized spacial score (nSPS) is 14.7. The molecular formula is C17H25N3O5S. The number of amides is 1. The van der Waals surface area contributed by atoms with E-state index >= 15 is 0 Å². The summed E-state index contributed by atoms with van der Waals surface area (Å²) in [5.41, 5.74) is 0.868. The molecule has 1 amide bonds. The van der Waals surface area contributed by atoms with E-state index in [1.165, 1.54) is 31.1 Å². The van der Waals surface area contributed by atoms with Crippen molar-refractivity contribution in [3.63, 3.8) is 0 Å². The van der Waals surface area contributed by atoms with Gasteiger partial charge in [0.2, 0.25) is 10.0 Å². The Balaban J connectivity index is 2.54. The fourth-order valence-electron chi connectivity index (χ4n) is 2.95. The molecule has 1 aromatic carbocycles. The Kier molecular flexibility index (Phi) is 6.25. The summed E-state index contributed by atoms with van der Waals surface area (Å²) in [6, 6.07) is 4.49. The number of benzene rings is 1. The quantitative estimate of drug-likeness (QED) is 0.757. The van der Waals surface area contributed by atoms with Gasteiger partial charge < -0.3 is 14.9 Å². The Morgan fingerprint density at radius 2 is 1.81 bits per heavy atom. The van der Waals surface area contributed by atoms with Gasteiger partial charge in [0.15, 0.2) is 0 Å². The standard InChI is InChI=1S/C17H25N3O5S/c1-4-19(12-16(21)22)17(23)14-11-13(26(24,25)18(2)3)7-8-15(14)20-9-5-6-10-20/h7-8,11H,4-6,9-10,12H2,1-3H3,(H,21,22). The highest BCUT2D eigenvalue weighted by atomic mass is 32.2. The predicted octanol–water partition coefficient (Wildman–Crippen LogP) is 1.08. The Morgan fingerprint density at radius 3 is 2.31 bits per heavy atom. The van der Waals surface area contributed by atoms with Crippen LogP contribution in [0.4, 0.5) is 5.69 Å². The lowest BCUT2D eigenvalue weighted by Crippen LogP contribution is -2.36. The van der Waals surface area contributed by atoms with E-state index in [0.29, 0.717) is 5.69 Å². The van der Waals surface area contributed by atoms with Gasteiger partial charge in [-0.2, -0.15) is 0 Å². The number of carbonyl (C=O) groups is 2. The Hall–Kier alpha value is -2.13. The molecule has 0 atom stereocenters. The summed E-state index contributed by atoms with van der Waals surface area (Å²) < 4.78 is 26.0. The second-order valence-corrected chi connectivity index (χ2v) is 8.53. The third-order valence-corrected chi connectivity index (χ3v) is 6.23. The van der Waals surface area contributed by atoms with Gasteiger partial charge in [-0.1, -0.05) is 0 Å². The molecule has 0 unspecified atom stereocenters. The first-order valence-electron chi connectivity index (χ1n) is 8.51. The van der Waals surface area contributed by atoms with Gasteiger partial charge in [-0.3, -0.25) is 9.59 Å². The maximum Gasteiger partial charge on any atom is 0.323 e. The summed E-state index contributed by atoms with van der Waals surface area (Å²) in [4.78, 5) is 27.3. The van der Waals surface area contributed by atoms with E-state index in [2.05, 4.69) is 0 Å². The van der Waals surface area contributed by atoms with Crippen molar-refractivity contribution in [2.45, 2.75) is 24.7 Å². The van der Waals surface area contributed by atoms with Crippen molar-refractivity contribution in [3.05, 3.63) is 23.8 Å². The van der Waals surface area contributed by atoms with Crippen molar-refractivity contribution in [3.8, 4) is 0 Å². The van der Waals surface area contributed by atoms with Crippen molar-refractivity contribution < 1.29 is 23.1 Å². The average molecular weight is 383 g/mol. The molecule has 8 nitrogen and oxygen atoms in total. The summed E-state index contributed by atoms with van der Waals surface area (Å²) in [7, 11) is -0.852. The third kappa shape index (κ3) is 4.16. The van der Waals surface area contributed by atoms with Crippen LogP contribution in [0.2, 0.25) is 0 Å². The van der Waals surface area contributed by atoms with E-state index in [4.69, 9.17) is 5.11 Å². The smallest absolute Gasteiger partial charge is 0.323 e. The minimum absolute atomic E-state index is 0.0141. The molecule has 0 aliphatic carbocycles. The number of carbonyl (C=O) groups excluding carboxylic acids is 1. The number of sulfonamides is 1. The molecule has 2 rings (SSSR count). The zero-order valence-electron chi connectivity index (χ0n) is 15.3. The molecule has 9 heteroatoms. The first-order chi connectivity index (χ1) is 12.2. The summed E-state index contributed by atoms with van der Waals surface area (Å²) in [6.45, 7) is 3.04. The number of anilines is 1. The highest BCUT2D eigenvalue weighted by Gasteiger charge is 2.27. The van der Waals surface area contributed by atoms with Crippen LogP contribution in [0.25, 0.3) is 0 Å². The molecule has 1 heterocycles. The molecule has 1 aliphatic rings. The average Bonchev–Trinajstić information content (AvgIpc) is 3.12. The van der Waals surface area contributed by atoms with E-state index < -0.39 is 28.4 Å². The molecular weight excluding hydrogens is 358 g/mol. The van der Waals surface area contributed by atoms with Gasteiger partial charge in [-0.05, 0) is 38.0 Å². The summed E-state index contributed by atoms with van der Waals surface area (Å²) in [5, 5.41) is 9.04. The van der Waals surface area contributed by atoms with E-state index in [-0.39, 0.29) is 17.0 Å². The Morgan fingerprint density at radius 1 is 1.19 bits per heavy atom. The van der Waals surface area contributed by atoms with E-state index in [9.17, 15) is 18.0 Å². The lowest BCUT2D eigenvalue weighted by atomic mass is 10.1. The molecule has 1 N–H and O–H groups in total. The van der Waals surface area contributed by atoms with Gasteiger partial charge >= 0.3 is 5.97 Å². The first kappa shape index (κ1) is 20.2. The van der Waals surface area contributed by atoms with E-state index in [1.807, 2.05) is 4.90 Å². The fraction of sp³-hybridized carbons (Fsp3) is 0.529. The maximum absolute atomic E-state index is 13.0. The van der Waals surface area contributed by atoms with Gasteiger partial charge in [-0.25, -0.2) is 12.7 Å². The van der Waals surface area contributed by atoms with Crippen molar-refractivity contribution in [1.82, 2.24) is 9.21 Å². The largest absolute Gasteiger partial charge is 0.480 e. The van der Waals surface area contributed by atoms with Crippen LogP contribution in [-0.4, -0.2) is 74.9 Å². The van der Waals surface area contributed by atoms with Crippen molar-refractivity contribution in [1.29, 1.82) is 0 Å². The van der Waals surface area contributed by atoms with E-state index in [0.717, 1.165) is 30.2 Å². The van der Waals surface area contributed by atoms with Crippen molar-refractivity contribution >= 4 is 27.6 Å². The van der Waals surface area contributed by atoms with Crippen LogP contribution in [0.1, 0.15) is 30.1 Å². The molecule has 1 aromatic rings. The number of nitrogens with zero attached hydrogens (tertiary/aromatic N) is 3. The highest BCUT2D eigenvalue weighted by molar-refractivity contribution is 7.89. The molecule has 1 fully saturated rings. The van der Waals surface area contributed by atoms with Crippen LogP contribution >= 0.6 is 0 Å². The first-order valence-corrected chi connectivity index (χ1v) is 9.95. The summed E-state index contributed by atoms with van der Waals surface area (Å²) >= 11 is 0. The van der Waals surface area contributed by atoms with Crippen LogP contribution in [-0.2, 0) is 14.8 Å².